The number of methoxy groups -OCH3 is 1. The molecule has 174 valence electrons. The summed E-state index contributed by atoms with van der Waals surface area (Å²) < 4.78 is 51.6. The van der Waals surface area contributed by atoms with Crippen LogP contribution in [0.5, 0.6) is 11.5 Å². The van der Waals surface area contributed by atoms with Gasteiger partial charge in [-0.1, -0.05) is 23.7 Å². The van der Waals surface area contributed by atoms with E-state index in [1.54, 1.807) is 24.3 Å². The van der Waals surface area contributed by atoms with Crippen molar-refractivity contribution in [2.75, 3.05) is 26.8 Å². The van der Waals surface area contributed by atoms with Gasteiger partial charge in [-0.05, 0) is 68.2 Å². The van der Waals surface area contributed by atoms with Crippen LogP contribution < -0.4 is 9.47 Å². The van der Waals surface area contributed by atoms with Crippen molar-refractivity contribution in [2.24, 2.45) is 5.92 Å². The summed E-state index contributed by atoms with van der Waals surface area (Å²) in [6.07, 6.45) is -3.76. The molecule has 0 bridgehead atoms. The van der Waals surface area contributed by atoms with E-state index in [1.807, 2.05) is 11.8 Å². The van der Waals surface area contributed by atoms with Crippen molar-refractivity contribution < 1.29 is 32.5 Å². The molecule has 9 heteroatoms. The van der Waals surface area contributed by atoms with E-state index in [4.69, 9.17) is 21.1 Å². The zero-order valence-electron chi connectivity index (χ0n) is 17.8. The average molecular weight is 472 g/mol. The highest BCUT2D eigenvalue weighted by atomic mass is 35.5. The summed E-state index contributed by atoms with van der Waals surface area (Å²) in [6, 6.07) is 8.64. The Morgan fingerprint density at radius 2 is 1.78 bits per heavy atom. The number of ether oxygens (including phenoxy) is 2. The average Bonchev–Trinajstić information content (AvgIpc) is 2.75. The Morgan fingerprint density at radius 3 is 2.34 bits per heavy atom. The Labute approximate surface area is 189 Å². The van der Waals surface area contributed by atoms with Gasteiger partial charge in [-0.15, -0.1) is 0 Å². The van der Waals surface area contributed by atoms with Crippen LogP contribution in [0, 0.1) is 5.92 Å². The molecule has 2 aromatic carbocycles. The van der Waals surface area contributed by atoms with E-state index in [9.17, 15) is 23.1 Å². The first-order valence-corrected chi connectivity index (χ1v) is 10.7. The SMILES string of the molecule is CCOc1ccc(C(c2ccc(Cl)c(C(F)(F)F)c2)N2CCC(C(=O)O)CC2)cc1OC. The van der Waals surface area contributed by atoms with Gasteiger partial charge >= 0.3 is 12.1 Å². The van der Waals surface area contributed by atoms with Crippen molar-refractivity contribution in [3.63, 3.8) is 0 Å². The fourth-order valence-corrected chi connectivity index (χ4v) is 4.30. The Kier molecular flexibility index (Phi) is 7.56. The second kappa shape index (κ2) is 10.0. The van der Waals surface area contributed by atoms with Crippen LogP contribution in [0.2, 0.25) is 5.02 Å². The van der Waals surface area contributed by atoms with Gasteiger partial charge in [0.15, 0.2) is 11.5 Å². The van der Waals surface area contributed by atoms with Gasteiger partial charge in [-0.2, -0.15) is 13.2 Å². The minimum absolute atomic E-state index is 0.367. The topological polar surface area (TPSA) is 59.0 Å². The molecular formula is C23H25ClF3NO4. The van der Waals surface area contributed by atoms with Gasteiger partial charge in [0.05, 0.1) is 36.3 Å². The van der Waals surface area contributed by atoms with Crippen LogP contribution in [-0.2, 0) is 11.0 Å². The fraction of sp³-hybridized carbons (Fsp3) is 0.435. The monoisotopic (exact) mass is 471 g/mol. The number of carboxylic acids is 1. The maximum absolute atomic E-state index is 13.5. The van der Waals surface area contributed by atoms with Crippen molar-refractivity contribution in [1.29, 1.82) is 0 Å². The molecule has 0 saturated carbocycles. The zero-order chi connectivity index (χ0) is 23.5. The molecule has 1 unspecified atom stereocenters. The molecule has 1 atom stereocenters. The first-order valence-electron chi connectivity index (χ1n) is 10.3. The Hall–Kier alpha value is -2.45. The molecule has 0 aliphatic carbocycles. The van der Waals surface area contributed by atoms with Gasteiger partial charge in [0.25, 0.3) is 0 Å². The summed E-state index contributed by atoms with van der Waals surface area (Å²) in [6.45, 7) is 3.14. The number of likely N-dealkylation sites (tertiary alicyclic amines) is 1. The highest BCUT2D eigenvalue weighted by Crippen LogP contribution is 2.41. The van der Waals surface area contributed by atoms with Crippen molar-refractivity contribution >= 4 is 17.6 Å². The summed E-state index contributed by atoms with van der Waals surface area (Å²) in [5, 5.41) is 8.95. The van der Waals surface area contributed by atoms with Crippen molar-refractivity contribution in [2.45, 2.75) is 32.0 Å². The quantitative estimate of drug-likeness (QED) is 0.565. The third-order valence-electron chi connectivity index (χ3n) is 5.66. The van der Waals surface area contributed by atoms with E-state index in [-0.39, 0.29) is 5.02 Å². The molecule has 0 amide bonds. The maximum Gasteiger partial charge on any atom is 0.417 e. The Morgan fingerprint density at radius 1 is 1.16 bits per heavy atom. The van der Waals surface area contributed by atoms with E-state index in [0.29, 0.717) is 49.6 Å². The molecule has 1 N–H and O–H groups in total. The van der Waals surface area contributed by atoms with E-state index in [2.05, 4.69) is 0 Å². The zero-order valence-corrected chi connectivity index (χ0v) is 18.5. The van der Waals surface area contributed by atoms with Gasteiger partial charge in [-0.25, -0.2) is 0 Å². The summed E-state index contributed by atoms with van der Waals surface area (Å²) >= 11 is 5.84. The van der Waals surface area contributed by atoms with E-state index >= 15 is 0 Å². The highest BCUT2D eigenvalue weighted by Gasteiger charge is 2.36. The highest BCUT2D eigenvalue weighted by molar-refractivity contribution is 6.31. The number of aliphatic carboxylic acids is 1. The number of benzene rings is 2. The first kappa shape index (κ1) is 24.2. The molecule has 0 radical (unpaired) electrons. The molecule has 0 aromatic heterocycles. The lowest BCUT2D eigenvalue weighted by molar-refractivity contribution is -0.143. The molecule has 32 heavy (non-hydrogen) atoms. The molecule has 1 fully saturated rings. The number of hydrogen-bond donors (Lipinski definition) is 1. The second-order valence-corrected chi connectivity index (χ2v) is 8.04. The lowest BCUT2D eigenvalue weighted by atomic mass is 9.90. The number of hydrogen-bond acceptors (Lipinski definition) is 4. The van der Waals surface area contributed by atoms with Gasteiger partial charge in [0.2, 0.25) is 0 Å². The summed E-state index contributed by atoms with van der Waals surface area (Å²) in [5.74, 6) is -0.304. The third-order valence-corrected chi connectivity index (χ3v) is 5.99. The predicted octanol–water partition coefficient (Wildman–Crippen LogP) is 5.65. The van der Waals surface area contributed by atoms with Crippen LogP contribution in [-0.4, -0.2) is 42.8 Å². The number of alkyl halides is 3. The predicted molar refractivity (Wildman–Crippen MR) is 114 cm³/mol. The minimum Gasteiger partial charge on any atom is -0.493 e. The first-order chi connectivity index (χ1) is 15.2. The summed E-state index contributed by atoms with van der Waals surface area (Å²) in [4.78, 5) is 13.4. The van der Waals surface area contributed by atoms with Gasteiger partial charge in [0.1, 0.15) is 0 Å². The van der Waals surface area contributed by atoms with Crippen LogP contribution in [0.3, 0.4) is 0 Å². The molecule has 1 aliphatic rings. The lowest BCUT2D eigenvalue weighted by Gasteiger charge is -2.37. The van der Waals surface area contributed by atoms with Crippen LogP contribution in [0.4, 0.5) is 13.2 Å². The fourth-order valence-electron chi connectivity index (χ4n) is 4.08. The molecular weight excluding hydrogens is 447 g/mol. The summed E-state index contributed by atoms with van der Waals surface area (Å²) in [7, 11) is 1.50. The number of piperidine rings is 1. The number of carboxylic acid groups (broad SMARTS) is 1. The van der Waals surface area contributed by atoms with Crippen molar-refractivity contribution in [3.8, 4) is 11.5 Å². The molecule has 1 heterocycles. The largest absolute Gasteiger partial charge is 0.493 e. The van der Waals surface area contributed by atoms with Crippen LogP contribution in [0.1, 0.15) is 42.5 Å². The molecule has 2 aromatic rings. The number of carbonyl (C=O) groups is 1. The summed E-state index contributed by atoms with van der Waals surface area (Å²) in [5.41, 5.74) is 0.233. The number of rotatable bonds is 7. The van der Waals surface area contributed by atoms with Crippen molar-refractivity contribution in [3.05, 3.63) is 58.1 Å². The van der Waals surface area contributed by atoms with Crippen LogP contribution in [0.25, 0.3) is 0 Å². The molecule has 3 rings (SSSR count). The molecule has 1 aliphatic heterocycles. The maximum atomic E-state index is 13.5. The molecule has 5 nitrogen and oxygen atoms in total. The minimum atomic E-state index is -4.59. The standard InChI is InChI=1S/C23H25ClF3NO4/c1-3-32-19-7-5-16(13-20(19)31-2)21(28-10-8-14(9-11-28)22(29)30)15-4-6-18(24)17(12-15)23(25,26)27/h4-7,12-14,21H,3,8-11H2,1-2H3,(H,29,30). The Balaban J connectivity index is 2.06. The normalized spacial score (nSPS) is 16.6. The van der Waals surface area contributed by atoms with Gasteiger partial charge in [0, 0.05) is 0 Å². The van der Waals surface area contributed by atoms with E-state index < -0.39 is 29.7 Å². The van der Waals surface area contributed by atoms with Gasteiger partial charge in [-0.3, -0.25) is 9.69 Å². The van der Waals surface area contributed by atoms with E-state index in [0.717, 1.165) is 11.6 Å². The van der Waals surface area contributed by atoms with Crippen LogP contribution in [0.15, 0.2) is 36.4 Å². The molecule has 1 saturated heterocycles. The lowest BCUT2D eigenvalue weighted by Crippen LogP contribution is -2.39. The number of halogens is 4. The van der Waals surface area contributed by atoms with Crippen molar-refractivity contribution in [1.82, 2.24) is 4.90 Å². The second-order valence-electron chi connectivity index (χ2n) is 7.63. The smallest absolute Gasteiger partial charge is 0.417 e. The van der Waals surface area contributed by atoms with E-state index in [1.165, 1.54) is 13.2 Å². The third kappa shape index (κ3) is 5.30. The Bertz CT molecular complexity index is 959. The van der Waals surface area contributed by atoms with Crippen LogP contribution >= 0.6 is 11.6 Å². The molecule has 0 spiro atoms. The van der Waals surface area contributed by atoms with Gasteiger partial charge < -0.3 is 14.6 Å². The number of nitrogens with zero attached hydrogens (tertiary/aromatic N) is 1.